The standard InChI is InChI=1S/C23H31ClN4O4/c24-19-15-22(28(30)31)20(25)16-21(19)26-13-9-4-2-1-3-5-10-14-27-23(29)32-17-18-11-7-6-8-12-18/h6-8,11-12,15-16,26H,1-5,9-10,13-14,17,25H2,(H,27,29). The van der Waals surface area contributed by atoms with Gasteiger partial charge in [-0.1, -0.05) is 74.0 Å². The van der Waals surface area contributed by atoms with Gasteiger partial charge in [0.25, 0.3) is 5.69 Å². The number of amides is 1. The Kier molecular flexibility index (Phi) is 11.2. The van der Waals surface area contributed by atoms with E-state index in [1.54, 1.807) is 0 Å². The third-order valence-electron chi connectivity index (χ3n) is 4.96. The van der Waals surface area contributed by atoms with Crippen molar-refractivity contribution in [1.82, 2.24) is 5.32 Å². The summed E-state index contributed by atoms with van der Waals surface area (Å²) >= 11 is 6.08. The zero-order valence-corrected chi connectivity index (χ0v) is 18.9. The summed E-state index contributed by atoms with van der Waals surface area (Å²) in [6.45, 7) is 1.63. The van der Waals surface area contributed by atoms with E-state index in [0.29, 0.717) is 17.3 Å². The smallest absolute Gasteiger partial charge is 0.407 e. The molecule has 0 radical (unpaired) electrons. The Hall–Kier alpha value is -3.00. The number of anilines is 2. The summed E-state index contributed by atoms with van der Waals surface area (Å²) in [5.41, 5.74) is 7.20. The van der Waals surface area contributed by atoms with Gasteiger partial charge in [-0.05, 0) is 24.5 Å². The third kappa shape index (κ3) is 9.43. The molecule has 0 atom stereocenters. The van der Waals surface area contributed by atoms with Gasteiger partial charge in [0, 0.05) is 19.2 Å². The Morgan fingerprint density at radius 2 is 1.62 bits per heavy atom. The van der Waals surface area contributed by atoms with Crippen LogP contribution >= 0.6 is 11.6 Å². The first-order valence-electron chi connectivity index (χ1n) is 10.9. The van der Waals surface area contributed by atoms with E-state index < -0.39 is 4.92 Å². The molecule has 0 spiro atoms. The lowest BCUT2D eigenvalue weighted by Crippen LogP contribution is -2.25. The van der Waals surface area contributed by atoms with Gasteiger partial charge >= 0.3 is 6.09 Å². The molecule has 0 unspecified atom stereocenters. The lowest BCUT2D eigenvalue weighted by atomic mass is 10.1. The molecule has 4 N–H and O–H groups in total. The van der Waals surface area contributed by atoms with Crippen LogP contribution in [-0.4, -0.2) is 24.1 Å². The highest BCUT2D eigenvalue weighted by molar-refractivity contribution is 6.33. The molecule has 1 amide bonds. The molecule has 174 valence electrons. The topological polar surface area (TPSA) is 120 Å². The molecule has 0 saturated heterocycles. The van der Waals surface area contributed by atoms with Crippen LogP contribution in [0.15, 0.2) is 42.5 Å². The van der Waals surface area contributed by atoms with Crippen molar-refractivity contribution in [3.63, 3.8) is 0 Å². The van der Waals surface area contributed by atoms with Gasteiger partial charge in [-0.3, -0.25) is 10.1 Å². The molecule has 8 nitrogen and oxygen atoms in total. The minimum absolute atomic E-state index is 0.0980. The number of nitrogens with two attached hydrogens (primary N) is 1. The van der Waals surface area contributed by atoms with Crippen molar-refractivity contribution in [2.24, 2.45) is 0 Å². The van der Waals surface area contributed by atoms with E-state index in [4.69, 9.17) is 22.1 Å². The molecule has 2 aromatic carbocycles. The van der Waals surface area contributed by atoms with Crippen molar-refractivity contribution >= 4 is 34.8 Å². The number of nitrogens with zero attached hydrogens (tertiary/aromatic N) is 1. The van der Waals surface area contributed by atoms with Crippen LogP contribution in [-0.2, 0) is 11.3 Å². The van der Waals surface area contributed by atoms with Crippen molar-refractivity contribution in [3.8, 4) is 0 Å². The summed E-state index contributed by atoms with van der Waals surface area (Å²) in [5.74, 6) is 0. The van der Waals surface area contributed by atoms with E-state index in [1.807, 2.05) is 30.3 Å². The quantitative estimate of drug-likeness (QED) is 0.139. The van der Waals surface area contributed by atoms with Crippen LogP contribution in [0.2, 0.25) is 5.02 Å². The molecule has 0 bridgehead atoms. The maximum Gasteiger partial charge on any atom is 0.407 e. The van der Waals surface area contributed by atoms with E-state index in [2.05, 4.69) is 10.6 Å². The predicted octanol–water partition coefficient (Wildman–Crippen LogP) is 5.90. The van der Waals surface area contributed by atoms with Crippen LogP contribution in [0.25, 0.3) is 0 Å². The van der Waals surface area contributed by atoms with Gasteiger partial charge in [-0.25, -0.2) is 4.79 Å². The lowest BCUT2D eigenvalue weighted by Gasteiger charge is -2.09. The number of hydrogen-bond donors (Lipinski definition) is 3. The van der Waals surface area contributed by atoms with E-state index in [-0.39, 0.29) is 24.1 Å². The average molecular weight is 463 g/mol. The number of nitrogens with one attached hydrogen (secondary N) is 2. The minimum Gasteiger partial charge on any atom is -0.445 e. The fourth-order valence-electron chi connectivity index (χ4n) is 3.19. The number of nitro groups is 1. The molecule has 0 saturated carbocycles. The largest absolute Gasteiger partial charge is 0.445 e. The maximum absolute atomic E-state index is 11.7. The summed E-state index contributed by atoms with van der Waals surface area (Å²) in [5, 5.41) is 17.1. The highest BCUT2D eigenvalue weighted by Gasteiger charge is 2.14. The number of carbonyl (C=O) groups is 1. The second kappa shape index (κ2) is 14.1. The first-order chi connectivity index (χ1) is 15.5. The fraction of sp³-hybridized carbons (Fsp3) is 0.435. The minimum atomic E-state index is -0.543. The first kappa shape index (κ1) is 25.3. The van der Waals surface area contributed by atoms with Crippen molar-refractivity contribution in [3.05, 3.63) is 63.2 Å². The number of carbonyl (C=O) groups excluding carboxylic acids is 1. The number of ether oxygens (including phenoxy) is 1. The molecule has 2 rings (SSSR count). The monoisotopic (exact) mass is 462 g/mol. The van der Waals surface area contributed by atoms with Crippen molar-refractivity contribution in [2.75, 3.05) is 24.1 Å². The van der Waals surface area contributed by atoms with Gasteiger partial charge in [0.15, 0.2) is 0 Å². The predicted molar refractivity (Wildman–Crippen MR) is 128 cm³/mol. The number of rotatable bonds is 14. The Labute approximate surface area is 193 Å². The highest BCUT2D eigenvalue weighted by Crippen LogP contribution is 2.32. The van der Waals surface area contributed by atoms with Crippen LogP contribution < -0.4 is 16.4 Å². The molecule has 0 aliphatic carbocycles. The SMILES string of the molecule is Nc1cc(NCCCCCCCCCNC(=O)OCc2ccccc2)c(Cl)cc1[N+](=O)[O-]. The Balaban J connectivity index is 1.44. The molecule has 9 heteroatoms. The average Bonchev–Trinajstić information content (AvgIpc) is 2.78. The summed E-state index contributed by atoms with van der Waals surface area (Å²) in [6.07, 6.45) is 7.07. The molecule has 0 aliphatic heterocycles. The van der Waals surface area contributed by atoms with Crippen LogP contribution in [0.5, 0.6) is 0 Å². The van der Waals surface area contributed by atoms with Gasteiger partial charge in [-0.2, -0.15) is 0 Å². The van der Waals surface area contributed by atoms with E-state index in [1.165, 1.54) is 12.1 Å². The summed E-state index contributed by atoms with van der Waals surface area (Å²) in [4.78, 5) is 22.0. The molecule has 0 heterocycles. The molecule has 0 aromatic heterocycles. The first-order valence-corrected chi connectivity index (χ1v) is 11.3. The molecule has 2 aromatic rings. The van der Waals surface area contributed by atoms with E-state index in [0.717, 1.165) is 57.1 Å². The highest BCUT2D eigenvalue weighted by atomic mass is 35.5. The summed E-state index contributed by atoms with van der Waals surface area (Å²) in [6, 6.07) is 12.4. The number of benzene rings is 2. The van der Waals surface area contributed by atoms with Crippen LogP contribution in [0.4, 0.5) is 21.9 Å². The molecule has 32 heavy (non-hydrogen) atoms. The second-order valence-corrected chi connectivity index (χ2v) is 7.95. The fourth-order valence-corrected chi connectivity index (χ4v) is 3.42. The van der Waals surface area contributed by atoms with Crippen molar-refractivity contribution in [1.29, 1.82) is 0 Å². The van der Waals surface area contributed by atoms with Gasteiger partial charge in [0.05, 0.1) is 15.6 Å². The number of alkyl carbamates (subject to hydrolysis) is 1. The van der Waals surface area contributed by atoms with E-state index in [9.17, 15) is 14.9 Å². The number of halogens is 1. The zero-order valence-electron chi connectivity index (χ0n) is 18.1. The summed E-state index contributed by atoms with van der Waals surface area (Å²) in [7, 11) is 0. The van der Waals surface area contributed by atoms with E-state index >= 15 is 0 Å². The van der Waals surface area contributed by atoms with Crippen LogP contribution in [0, 0.1) is 10.1 Å². The van der Waals surface area contributed by atoms with Crippen LogP contribution in [0.1, 0.15) is 50.5 Å². The maximum atomic E-state index is 11.7. The normalized spacial score (nSPS) is 10.5. The van der Waals surface area contributed by atoms with Gasteiger partial charge in [0.2, 0.25) is 0 Å². The molecule has 0 aliphatic rings. The van der Waals surface area contributed by atoms with Gasteiger partial charge < -0.3 is 21.1 Å². The molecular formula is C23H31ClN4O4. The van der Waals surface area contributed by atoms with Crippen LogP contribution in [0.3, 0.4) is 0 Å². The zero-order chi connectivity index (χ0) is 23.2. The number of nitro benzene ring substituents is 1. The van der Waals surface area contributed by atoms with Crippen molar-refractivity contribution in [2.45, 2.75) is 51.6 Å². The number of hydrogen-bond acceptors (Lipinski definition) is 6. The number of unbranched alkanes of at least 4 members (excludes halogenated alkanes) is 6. The molecule has 0 fully saturated rings. The lowest BCUT2D eigenvalue weighted by molar-refractivity contribution is -0.383. The second-order valence-electron chi connectivity index (χ2n) is 7.54. The Bertz CT molecular complexity index is 865. The number of nitrogen functional groups attached to an aromatic ring is 1. The Morgan fingerprint density at radius 3 is 2.28 bits per heavy atom. The molecular weight excluding hydrogens is 432 g/mol. The van der Waals surface area contributed by atoms with Gasteiger partial charge in [0.1, 0.15) is 12.3 Å². The van der Waals surface area contributed by atoms with Gasteiger partial charge in [-0.15, -0.1) is 0 Å². The Morgan fingerprint density at radius 1 is 1.00 bits per heavy atom. The third-order valence-corrected chi connectivity index (χ3v) is 5.28. The van der Waals surface area contributed by atoms with Crippen molar-refractivity contribution < 1.29 is 14.5 Å². The summed E-state index contributed by atoms with van der Waals surface area (Å²) < 4.78 is 5.17.